The van der Waals surface area contributed by atoms with Gasteiger partial charge >= 0.3 is 0 Å². The van der Waals surface area contributed by atoms with Gasteiger partial charge in [-0.15, -0.1) is 0 Å². The lowest BCUT2D eigenvalue weighted by molar-refractivity contribution is 0.142. The van der Waals surface area contributed by atoms with Crippen LogP contribution in [0.4, 0.5) is 0 Å². The van der Waals surface area contributed by atoms with E-state index in [1.807, 2.05) is 35.0 Å². The van der Waals surface area contributed by atoms with Crippen LogP contribution in [0.25, 0.3) is 0 Å². The highest BCUT2D eigenvalue weighted by Crippen LogP contribution is 2.12. The molecule has 1 N–H and O–H groups in total. The van der Waals surface area contributed by atoms with Crippen LogP contribution in [0.15, 0.2) is 43.0 Å². The van der Waals surface area contributed by atoms with Crippen molar-refractivity contribution in [2.75, 3.05) is 0 Å². The number of imidazole rings is 1. The van der Waals surface area contributed by atoms with E-state index in [2.05, 4.69) is 4.98 Å². The van der Waals surface area contributed by atoms with Crippen LogP contribution in [0, 0.1) is 0 Å². The average molecular weight is 265 g/mol. The molecule has 0 spiro atoms. The molecule has 0 bridgehead atoms. The fourth-order valence-corrected chi connectivity index (χ4v) is 2.05. The predicted octanol–water partition coefficient (Wildman–Crippen LogP) is 2.92. The number of aromatic nitrogens is 2. The molecule has 0 aliphatic carbocycles. The van der Waals surface area contributed by atoms with Crippen LogP contribution < -0.4 is 0 Å². The first-order chi connectivity index (χ1) is 8.74. The van der Waals surface area contributed by atoms with Crippen molar-refractivity contribution in [3.8, 4) is 0 Å². The van der Waals surface area contributed by atoms with Gasteiger partial charge in [0.25, 0.3) is 0 Å². The lowest BCUT2D eigenvalue weighted by atomic mass is 10.1. The minimum absolute atomic E-state index is 0.313. The van der Waals surface area contributed by atoms with E-state index in [-0.39, 0.29) is 6.10 Å². The molecule has 1 unspecified atom stereocenters. The highest BCUT2D eigenvalue weighted by Gasteiger charge is 2.04. The number of benzene rings is 1. The molecule has 96 valence electrons. The summed E-state index contributed by atoms with van der Waals surface area (Å²) in [5.74, 6) is 0. The van der Waals surface area contributed by atoms with Crippen LogP contribution in [-0.4, -0.2) is 20.8 Å². The minimum atomic E-state index is -0.313. The maximum atomic E-state index is 9.87. The summed E-state index contributed by atoms with van der Waals surface area (Å²) in [6, 6.07) is 7.87. The largest absolute Gasteiger partial charge is 0.391 e. The Morgan fingerprint density at radius 2 is 2.06 bits per heavy atom. The summed E-state index contributed by atoms with van der Waals surface area (Å²) in [4.78, 5) is 3.95. The third-order valence-electron chi connectivity index (χ3n) is 2.90. The molecule has 0 fully saturated rings. The lowest BCUT2D eigenvalue weighted by Gasteiger charge is -2.11. The van der Waals surface area contributed by atoms with Crippen LogP contribution in [0.3, 0.4) is 0 Å². The van der Waals surface area contributed by atoms with Crippen molar-refractivity contribution in [3.05, 3.63) is 53.6 Å². The number of aliphatic hydroxyl groups excluding tert-OH is 1. The van der Waals surface area contributed by atoms with Crippen molar-refractivity contribution in [3.63, 3.8) is 0 Å². The first-order valence-electron chi connectivity index (χ1n) is 6.12. The van der Waals surface area contributed by atoms with E-state index in [1.165, 1.54) is 5.56 Å². The number of hydrogen-bond donors (Lipinski definition) is 1. The average Bonchev–Trinajstić information content (AvgIpc) is 2.84. The molecule has 1 heterocycles. The van der Waals surface area contributed by atoms with E-state index >= 15 is 0 Å². The van der Waals surface area contributed by atoms with Crippen molar-refractivity contribution >= 4 is 11.6 Å². The zero-order valence-electron chi connectivity index (χ0n) is 10.2. The lowest BCUT2D eigenvalue weighted by Crippen LogP contribution is -2.15. The maximum Gasteiger partial charge on any atom is 0.0946 e. The van der Waals surface area contributed by atoms with Gasteiger partial charge in [0.05, 0.1) is 12.4 Å². The highest BCUT2D eigenvalue weighted by molar-refractivity contribution is 6.30. The normalized spacial score (nSPS) is 12.6. The molecule has 0 radical (unpaired) electrons. The van der Waals surface area contributed by atoms with Gasteiger partial charge in [-0.2, -0.15) is 0 Å². The Bertz CT molecular complexity index is 453. The second-order valence-electron chi connectivity index (χ2n) is 4.43. The van der Waals surface area contributed by atoms with Crippen molar-refractivity contribution < 1.29 is 5.11 Å². The number of rotatable bonds is 6. The molecular formula is C14H17ClN2O. The molecule has 0 amide bonds. The molecule has 0 aliphatic heterocycles. The van der Waals surface area contributed by atoms with Crippen LogP contribution in [-0.2, 0) is 13.0 Å². The Labute approximate surface area is 112 Å². The van der Waals surface area contributed by atoms with Crippen molar-refractivity contribution in [2.24, 2.45) is 0 Å². The van der Waals surface area contributed by atoms with Crippen LogP contribution >= 0.6 is 11.6 Å². The quantitative estimate of drug-likeness (QED) is 0.871. The fraction of sp³-hybridized carbons (Fsp3) is 0.357. The number of aliphatic hydroxyl groups is 1. The van der Waals surface area contributed by atoms with Gasteiger partial charge in [-0.3, -0.25) is 0 Å². The minimum Gasteiger partial charge on any atom is -0.391 e. The first-order valence-corrected chi connectivity index (χ1v) is 6.50. The molecule has 0 saturated heterocycles. The van der Waals surface area contributed by atoms with Gasteiger partial charge in [-0.1, -0.05) is 23.7 Å². The highest BCUT2D eigenvalue weighted by atomic mass is 35.5. The summed E-state index contributed by atoms with van der Waals surface area (Å²) in [5, 5.41) is 10.6. The van der Waals surface area contributed by atoms with Crippen molar-refractivity contribution in [2.45, 2.75) is 31.9 Å². The van der Waals surface area contributed by atoms with Crippen LogP contribution in [0.2, 0.25) is 5.02 Å². The van der Waals surface area contributed by atoms with Crippen LogP contribution in [0.1, 0.15) is 18.4 Å². The molecule has 3 nitrogen and oxygen atoms in total. The molecule has 1 aromatic carbocycles. The molecule has 0 saturated carbocycles. The van der Waals surface area contributed by atoms with Gasteiger partial charge in [-0.25, -0.2) is 4.98 Å². The van der Waals surface area contributed by atoms with Crippen molar-refractivity contribution in [1.29, 1.82) is 0 Å². The zero-order chi connectivity index (χ0) is 12.8. The topological polar surface area (TPSA) is 38.0 Å². The van der Waals surface area contributed by atoms with Gasteiger partial charge in [0.1, 0.15) is 0 Å². The fourth-order valence-electron chi connectivity index (χ4n) is 1.92. The van der Waals surface area contributed by atoms with E-state index < -0.39 is 0 Å². The predicted molar refractivity (Wildman–Crippen MR) is 72.6 cm³/mol. The van der Waals surface area contributed by atoms with E-state index in [0.29, 0.717) is 6.54 Å². The summed E-state index contributed by atoms with van der Waals surface area (Å²) < 4.78 is 1.90. The third-order valence-corrected chi connectivity index (χ3v) is 3.15. The standard InChI is InChI=1S/C14H17ClN2O/c15-13-6-4-12(5-7-13)2-1-3-14(18)10-17-9-8-16-11-17/h4-9,11,14,18H,1-3,10H2. The Morgan fingerprint density at radius 1 is 1.28 bits per heavy atom. The summed E-state index contributed by atoms with van der Waals surface area (Å²) in [7, 11) is 0. The molecule has 0 aliphatic rings. The summed E-state index contributed by atoms with van der Waals surface area (Å²) in [6.45, 7) is 0.612. The number of halogens is 1. The Kier molecular flexibility index (Phi) is 4.79. The van der Waals surface area contributed by atoms with Crippen LogP contribution in [0.5, 0.6) is 0 Å². The number of hydrogen-bond acceptors (Lipinski definition) is 2. The monoisotopic (exact) mass is 264 g/mol. The molecule has 1 atom stereocenters. The summed E-state index contributed by atoms with van der Waals surface area (Å²) >= 11 is 5.83. The second-order valence-corrected chi connectivity index (χ2v) is 4.87. The molecular weight excluding hydrogens is 248 g/mol. The van der Waals surface area contributed by atoms with Gasteiger partial charge in [0.2, 0.25) is 0 Å². The first kappa shape index (κ1) is 13.1. The molecule has 2 aromatic rings. The Hall–Kier alpha value is -1.32. The van der Waals surface area contributed by atoms with E-state index in [9.17, 15) is 5.11 Å². The third kappa shape index (κ3) is 4.17. The smallest absolute Gasteiger partial charge is 0.0946 e. The van der Waals surface area contributed by atoms with Gasteiger partial charge in [0, 0.05) is 24.0 Å². The Balaban J connectivity index is 1.70. The second kappa shape index (κ2) is 6.57. The summed E-state index contributed by atoms with van der Waals surface area (Å²) in [5.41, 5.74) is 1.26. The number of aryl methyl sites for hydroxylation is 1. The zero-order valence-corrected chi connectivity index (χ0v) is 10.9. The molecule has 4 heteroatoms. The van der Waals surface area contributed by atoms with E-state index in [4.69, 9.17) is 11.6 Å². The van der Waals surface area contributed by atoms with Gasteiger partial charge in [-0.05, 0) is 37.0 Å². The number of nitrogens with zero attached hydrogens (tertiary/aromatic N) is 2. The Morgan fingerprint density at radius 3 is 2.72 bits per heavy atom. The SMILES string of the molecule is OC(CCCc1ccc(Cl)cc1)Cn1ccnc1. The van der Waals surface area contributed by atoms with E-state index in [0.717, 1.165) is 24.3 Å². The van der Waals surface area contributed by atoms with E-state index in [1.54, 1.807) is 12.5 Å². The van der Waals surface area contributed by atoms with Crippen molar-refractivity contribution in [1.82, 2.24) is 9.55 Å². The molecule has 1 aromatic heterocycles. The van der Waals surface area contributed by atoms with Gasteiger partial charge in [0.15, 0.2) is 0 Å². The van der Waals surface area contributed by atoms with Gasteiger partial charge < -0.3 is 9.67 Å². The summed E-state index contributed by atoms with van der Waals surface area (Å²) in [6.07, 6.45) is 7.73. The maximum absolute atomic E-state index is 9.87. The molecule has 18 heavy (non-hydrogen) atoms. The molecule has 2 rings (SSSR count).